The van der Waals surface area contributed by atoms with Crippen molar-refractivity contribution in [1.29, 1.82) is 0 Å². The molecule has 0 saturated carbocycles. The summed E-state index contributed by atoms with van der Waals surface area (Å²) in [5, 5.41) is 17.6. The summed E-state index contributed by atoms with van der Waals surface area (Å²) in [6.45, 7) is 0.0684. The van der Waals surface area contributed by atoms with Gasteiger partial charge in [0, 0.05) is 16.7 Å². The maximum atomic E-state index is 13.8. The minimum absolute atomic E-state index is 0.0382. The van der Waals surface area contributed by atoms with E-state index in [4.69, 9.17) is 35.0 Å². The van der Waals surface area contributed by atoms with Gasteiger partial charge in [-0.1, -0.05) is 35.9 Å². The quantitative estimate of drug-likeness (QED) is 0.104. The summed E-state index contributed by atoms with van der Waals surface area (Å²) >= 11 is 6.28. The van der Waals surface area contributed by atoms with Crippen LogP contribution in [0.2, 0.25) is 5.02 Å². The van der Waals surface area contributed by atoms with E-state index in [-0.39, 0.29) is 47.0 Å². The van der Waals surface area contributed by atoms with Crippen molar-refractivity contribution in [2.45, 2.75) is 6.61 Å². The molecule has 0 N–H and O–H groups in total. The van der Waals surface area contributed by atoms with Crippen LogP contribution in [0.3, 0.4) is 0 Å². The summed E-state index contributed by atoms with van der Waals surface area (Å²) in [7, 11) is 1.55. The van der Waals surface area contributed by atoms with Crippen LogP contribution in [0.5, 0.6) is 23.0 Å². The number of nitrogens with zero attached hydrogens (tertiary/aromatic N) is 4. The highest BCUT2D eigenvalue weighted by Gasteiger charge is 2.23. The number of halogens is 1. The summed E-state index contributed by atoms with van der Waals surface area (Å²) < 4.78 is 29.4. The number of benzene rings is 4. The maximum absolute atomic E-state index is 13.8. The molecule has 2 aromatic heterocycles. The Morgan fingerprint density at radius 2 is 1.89 bits per heavy atom. The van der Waals surface area contributed by atoms with E-state index in [1.807, 2.05) is 0 Å². The first-order valence-corrected chi connectivity index (χ1v) is 13.9. The van der Waals surface area contributed by atoms with E-state index in [1.165, 1.54) is 18.3 Å². The van der Waals surface area contributed by atoms with Crippen LogP contribution in [-0.4, -0.2) is 34.7 Å². The SMILES string of the molecule is COc1cccc2oc(-c3nc4ccccc4c(=O)n3N=Cc3cc(Cl)cc([N+](=O)[O-])c3OCc3ccc4c(c3)OCO4)cc12. The van der Waals surface area contributed by atoms with Crippen LogP contribution in [0.15, 0.2) is 93.2 Å². The number of furan rings is 1. The number of para-hydroxylation sites is 1. The lowest BCUT2D eigenvalue weighted by molar-refractivity contribution is -0.385. The molecule has 45 heavy (non-hydrogen) atoms. The topological polar surface area (TPSA) is 140 Å². The molecule has 1 aliphatic heterocycles. The molecule has 1 aliphatic rings. The monoisotopic (exact) mass is 624 g/mol. The first kappa shape index (κ1) is 27.9. The molecule has 0 saturated heterocycles. The molecule has 0 amide bonds. The first-order valence-electron chi connectivity index (χ1n) is 13.5. The molecule has 0 unspecified atom stereocenters. The smallest absolute Gasteiger partial charge is 0.313 e. The number of rotatable bonds is 8. The largest absolute Gasteiger partial charge is 0.496 e. The van der Waals surface area contributed by atoms with Gasteiger partial charge in [-0.25, -0.2) is 4.98 Å². The number of ether oxygens (including phenoxy) is 4. The standard InChI is InChI=1S/C32H21ClN4O8/c1-41-25-7-4-8-26-22(25)14-29(45-26)31-35-23-6-3-2-5-21(23)32(38)36(31)34-15-19-12-20(33)13-24(37(39)40)30(19)42-16-18-9-10-27-28(11-18)44-17-43-27/h2-15H,16-17H2,1H3. The maximum Gasteiger partial charge on any atom is 0.313 e. The highest BCUT2D eigenvalue weighted by atomic mass is 35.5. The average Bonchev–Trinajstić information content (AvgIpc) is 3.70. The van der Waals surface area contributed by atoms with Crippen LogP contribution in [-0.2, 0) is 6.61 Å². The highest BCUT2D eigenvalue weighted by molar-refractivity contribution is 6.31. The first-order chi connectivity index (χ1) is 21.9. The van der Waals surface area contributed by atoms with Crippen molar-refractivity contribution >= 4 is 45.4 Å². The normalized spacial score (nSPS) is 12.3. The average molecular weight is 625 g/mol. The number of hydrogen-bond acceptors (Lipinski definition) is 10. The molecule has 0 spiro atoms. The second-order valence-corrected chi connectivity index (χ2v) is 10.3. The fraction of sp³-hybridized carbons (Fsp3) is 0.0938. The number of nitro groups is 1. The third-order valence-electron chi connectivity index (χ3n) is 7.11. The zero-order valence-corrected chi connectivity index (χ0v) is 24.2. The third kappa shape index (κ3) is 5.17. The Morgan fingerprint density at radius 1 is 1.04 bits per heavy atom. The van der Waals surface area contributed by atoms with Gasteiger partial charge in [-0.2, -0.15) is 9.78 Å². The van der Waals surface area contributed by atoms with E-state index < -0.39 is 10.5 Å². The highest BCUT2D eigenvalue weighted by Crippen LogP contribution is 2.37. The van der Waals surface area contributed by atoms with Crippen molar-refractivity contribution in [1.82, 2.24) is 9.66 Å². The Labute approximate surface area is 258 Å². The molecular weight excluding hydrogens is 604 g/mol. The van der Waals surface area contributed by atoms with Gasteiger partial charge >= 0.3 is 5.69 Å². The van der Waals surface area contributed by atoms with E-state index in [1.54, 1.807) is 73.8 Å². The minimum atomic E-state index is -0.602. The molecule has 6 aromatic rings. The van der Waals surface area contributed by atoms with Gasteiger partial charge in [0.05, 0.1) is 34.5 Å². The van der Waals surface area contributed by atoms with Gasteiger partial charge in [0.2, 0.25) is 18.4 Å². The summed E-state index contributed by atoms with van der Waals surface area (Å²) in [5.74, 6) is 1.98. The Balaban J connectivity index is 1.34. The molecule has 0 bridgehead atoms. The zero-order chi connectivity index (χ0) is 31.1. The summed E-state index contributed by atoms with van der Waals surface area (Å²) in [6, 6.07) is 21.7. The second kappa shape index (κ2) is 11.3. The van der Waals surface area contributed by atoms with E-state index in [9.17, 15) is 14.9 Å². The van der Waals surface area contributed by atoms with Crippen molar-refractivity contribution < 1.29 is 28.3 Å². The van der Waals surface area contributed by atoms with E-state index in [0.717, 1.165) is 4.68 Å². The fourth-order valence-corrected chi connectivity index (χ4v) is 5.23. The number of methoxy groups -OCH3 is 1. The van der Waals surface area contributed by atoms with E-state index in [2.05, 4.69) is 10.1 Å². The van der Waals surface area contributed by atoms with Gasteiger partial charge in [0.15, 0.2) is 17.3 Å². The fourth-order valence-electron chi connectivity index (χ4n) is 5.01. The zero-order valence-electron chi connectivity index (χ0n) is 23.4. The predicted octanol–water partition coefficient (Wildman–Crippen LogP) is 6.57. The number of aromatic nitrogens is 2. The molecule has 0 fully saturated rings. The van der Waals surface area contributed by atoms with Crippen LogP contribution in [0.4, 0.5) is 5.69 Å². The Bertz CT molecular complexity index is 2230. The number of nitro benzene ring substituents is 1. The van der Waals surface area contributed by atoms with Crippen molar-refractivity contribution in [3.05, 3.63) is 115 Å². The Kier molecular flexibility index (Phi) is 7.02. The Morgan fingerprint density at radius 3 is 2.73 bits per heavy atom. The molecule has 7 rings (SSSR count). The van der Waals surface area contributed by atoms with Crippen LogP contribution in [0.25, 0.3) is 33.5 Å². The van der Waals surface area contributed by atoms with Gasteiger partial charge in [-0.15, -0.1) is 0 Å². The summed E-state index contributed by atoms with van der Waals surface area (Å²) in [6.07, 6.45) is 1.26. The minimum Gasteiger partial charge on any atom is -0.496 e. The van der Waals surface area contributed by atoms with Gasteiger partial charge in [-0.05, 0) is 54.1 Å². The van der Waals surface area contributed by atoms with Gasteiger partial charge in [-0.3, -0.25) is 14.9 Å². The molecule has 4 aromatic carbocycles. The molecule has 224 valence electrons. The molecular formula is C32H21ClN4O8. The molecule has 12 nitrogen and oxygen atoms in total. The van der Waals surface area contributed by atoms with E-state index >= 15 is 0 Å². The van der Waals surface area contributed by atoms with Crippen molar-refractivity contribution in [3.8, 4) is 34.6 Å². The Hall–Kier alpha value is -5.88. The van der Waals surface area contributed by atoms with Crippen LogP contribution < -0.4 is 24.5 Å². The molecule has 3 heterocycles. The lowest BCUT2D eigenvalue weighted by Gasteiger charge is -2.11. The third-order valence-corrected chi connectivity index (χ3v) is 7.33. The molecule has 0 aliphatic carbocycles. The second-order valence-electron chi connectivity index (χ2n) is 9.87. The number of hydrogen-bond donors (Lipinski definition) is 0. The van der Waals surface area contributed by atoms with Crippen LogP contribution in [0, 0.1) is 10.1 Å². The number of fused-ring (bicyclic) bond motifs is 3. The van der Waals surface area contributed by atoms with Gasteiger partial charge in [0.25, 0.3) is 5.56 Å². The van der Waals surface area contributed by atoms with Crippen molar-refractivity contribution in [2.24, 2.45) is 5.10 Å². The molecule has 13 heteroatoms. The van der Waals surface area contributed by atoms with E-state index in [0.29, 0.717) is 44.7 Å². The lowest BCUT2D eigenvalue weighted by Crippen LogP contribution is -2.20. The van der Waals surface area contributed by atoms with Crippen LogP contribution >= 0.6 is 11.6 Å². The predicted molar refractivity (Wildman–Crippen MR) is 166 cm³/mol. The summed E-state index contributed by atoms with van der Waals surface area (Å²) in [5.41, 5.74) is 0.933. The molecule has 0 atom stereocenters. The molecule has 0 radical (unpaired) electrons. The van der Waals surface area contributed by atoms with Crippen LogP contribution in [0.1, 0.15) is 11.1 Å². The van der Waals surface area contributed by atoms with Gasteiger partial charge < -0.3 is 23.4 Å². The summed E-state index contributed by atoms with van der Waals surface area (Å²) in [4.78, 5) is 29.9. The van der Waals surface area contributed by atoms with Crippen molar-refractivity contribution in [3.63, 3.8) is 0 Å². The van der Waals surface area contributed by atoms with Crippen molar-refractivity contribution in [2.75, 3.05) is 13.9 Å². The van der Waals surface area contributed by atoms with Gasteiger partial charge in [0.1, 0.15) is 17.9 Å². The lowest BCUT2D eigenvalue weighted by atomic mass is 10.1.